The Morgan fingerprint density at radius 1 is 1.10 bits per heavy atom. The Morgan fingerprint density at radius 2 is 1.76 bits per heavy atom. The Labute approximate surface area is 175 Å². The first-order valence-electron chi connectivity index (χ1n) is 9.72. The average Bonchev–Trinajstić information content (AvgIpc) is 2.72. The van der Waals surface area contributed by atoms with Crippen molar-refractivity contribution >= 4 is 34.9 Å². The molecule has 154 valence electrons. The van der Waals surface area contributed by atoms with Crippen molar-refractivity contribution in [2.24, 2.45) is 11.8 Å². The normalized spacial score (nSPS) is 15.7. The van der Waals surface area contributed by atoms with Gasteiger partial charge in [-0.05, 0) is 67.6 Å². The van der Waals surface area contributed by atoms with Gasteiger partial charge in [0.1, 0.15) is 5.82 Å². The Kier molecular flexibility index (Phi) is 6.75. The van der Waals surface area contributed by atoms with Crippen molar-refractivity contribution in [3.05, 3.63) is 58.9 Å². The van der Waals surface area contributed by atoms with Crippen LogP contribution in [0.3, 0.4) is 0 Å². The van der Waals surface area contributed by atoms with Gasteiger partial charge < -0.3 is 15.5 Å². The van der Waals surface area contributed by atoms with Crippen LogP contribution in [0.2, 0.25) is 5.02 Å². The van der Waals surface area contributed by atoms with E-state index in [1.807, 2.05) is 13.8 Å². The van der Waals surface area contributed by atoms with Crippen molar-refractivity contribution in [3.63, 3.8) is 0 Å². The van der Waals surface area contributed by atoms with E-state index in [0.717, 1.165) is 18.4 Å². The molecule has 1 fully saturated rings. The lowest BCUT2D eigenvalue weighted by molar-refractivity contribution is -0.121. The number of piperidine rings is 1. The number of urea groups is 1. The van der Waals surface area contributed by atoms with Gasteiger partial charge in [-0.25, -0.2) is 9.18 Å². The SMILES string of the molecule is Cc1ccc(F)c(NC(=O)[C@@H](C)C2CCN(C(=O)Nc3ccc(Cl)cc3)CC2)c1. The summed E-state index contributed by atoms with van der Waals surface area (Å²) in [5.41, 5.74) is 1.78. The number of benzene rings is 2. The van der Waals surface area contributed by atoms with Crippen molar-refractivity contribution in [2.45, 2.75) is 26.7 Å². The third-order valence-corrected chi connectivity index (χ3v) is 5.67. The monoisotopic (exact) mass is 417 g/mol. The van der Waals surface area contributed by atoms with E-state index >= 15 is 0 Å². The van der Waals surface area contributed by atoms with E-state index in [1.54, 1.807) is 41.3 Å². The molecule has 29 heavy (non-hydrogen) atoms. The molecule has 1 heterocycles. The number of nitrogens with one attached hydrogen (secondary N) is 2. The highest BCUT2D eigenvalue weighted by molar-refractivity contribution is 6.30. The molecule has 0 spiro atoms. The van der Waals surface area contributed by atoms with Gasteiger partial charge in [-0.15, -0.1) is 0 Å². The van der Waals surface area contributed by atoms with E-state index in [9.17, 15) is 14.0 Å². The number of nitrogens with zero attached hydrogens (tertiary/aromatic N) is 1. The summed E-state index contributed by atoms with van der Waals surface area (Å²) < 4.78 is 13.9. The number of halogens is 2. The number of hydrogen-bond acceptors (Lipinski definition) is 2. The van der Waals surface area contributed by atoms with Crippen LogP contribution in [0.5, 0.6) is 0 Å². The lowest BCUT2D eigenvalue weighted by Gasteiger charge is -2.34. The molecule has 3 amide bonds. The van der Waals surface area contributed by atoms with E-state index in [1.165, 1.54) is 6.07 Å². The summed E-state index contributed by atoms with van der Waals surface area (Å²) in [6.07, 6.45) is 1.44. The fourth-order valence-electron chi connectivity index (χ4n) is 3.53. The van der Waals surface area contributed by atoms with Crippen molar-refractivity contribution < 1.29 is 14.0 Å². The summed E-state index contributed by atoms with van der Waals surface area (Å²) in [5, 5.41) is 6.17. The van der Waals surface area contributed by atoms with Crippen molar-refractivity contribution in [1.82, 2.24) is 4.90 Å². The number of carbonyl (C=O) groups is 2. The third kappa shape index (κ3) is 5.48. The largest absolute Gasteiger partial charge is 0.325 e. The van der Waals surface area contributed by atoms with Crippen LogP contribution in [0.15, 0.2) is 42.5 Å². The first-order chi connectivity index (χ1) is 13.8. The molecule has 1 saturated heterocycles. The summed E-state index contributed by atoms with van der Waals surface area (Å²) in [6.45, 7) is 4.85. The summed E-state index contributed by atoms with van der Waals surface area (Å²) in [4.78, 5) is 26.8. The molecule has 2 aromatic rings. The molecule has 0 aliphatic carbocycles. The molecule has 0 radical (unpaired) electrons. The van der Waals surface area contributed by atoms with Gasteiger partial charge in [0.2, 0.25) is 5.91 Å². The van der Waals surface area contributed by atoms with Crippen LogP contribution in [0, 0.1) is 24.6 Å². The minimum absolute atomic E-state index is 0.141. The predicted octanol–water partition coefficient (Wildman–Crippen LogP) is 5.31. The second kappa shape index (κ2) is 9.27. The molecule has 3 rings (SSSR count). The molecule has 0 saturated carbocycles. The lowest BCUT2D eigenvalue weighted by atomic mass is 9.85. The van der Waals surface area contributed by atoms with Crippen LogP contribution in [0.1, 0.15) is 25.3 Å². The standard InChI is InChI=1S/C22H25ClFN3O2/c1-14-3-8-19(24)20(13-14)26-21(28)15(2)16-9-11-27(12-10-16)22(29)25-18-6-4-17(23)5-7-18/h3-8,13,15-16H,9-12H2,1-2H3,(H,25,29)(H,26,28)/t15-/m0/s1. The topological polar surface area (TPSA) is 61.4 Å². The second-order valence-corrected chi connectivity index (χ2v) is 7.96. The predicted molar refractivity (Wildman–Crippen MR) is 114 cm³/mol. The highest BCUT2D eigenvalue weighted by atomic mass is 35.5. The smallest absolute Gasteiger partial charge is 0.321 e. The van der Waals surface area contributed by atoms with Crippen LogP contribution in [-0.2, 0) is 4.79 Å². The van der Waals surface area contributed by atoms with Crippen molar-refractivity contribution in [3.8, 4) is 0 Å². The van der Waals surface area contributed by atoms with Crippen LogP contribution >= 0.6 is 11.6 Å². The van der Waals surface area contributed by atoms with Crippen LogP contribution < -0.4 is 10.6 Å². The van der Waals surface area contributed by atoms with Crippen molar-refractivity contribution in [1.29, 1.82) is 0 Å². The van der Waals surface area contributed by atoms with Gasteiger partial charge in [-0.3, -0.25) is 4.79 Å². The van der Waals surface area contributed by atoms with E-state index in [2.05, 4.69) is 10.6 Å². The van der Waals surface area contributed by atoms with Gasteiger partial charge in [-0.2, -0.15) is 0 Å². The number of carbonyl (C=O) groups excluding carboxylic acids is 2. The average molecular weight is 418 g/mol. The maximum Gasteiger partial charge on any atom is 0.321 e. The molecule has 2 aromatic carbocycles. The van der Waals surface area contributed by atoms with Crippen LogP contribution in [0.25, 0.3) is 0 Å². The third-order valence-electron chi connectivity index (χ3n) is 5.42. The van der Waals surface area contributed by atoms with E-state index in [0.29, 0.717) is 23.8 Å². The Balaban J connectivity index is 1.51. The quantitative estimate of drug-likeness (QED) is 0.708. The molecule has 5 nitrogen and oxygen atoms in total. The molecule has 0 unspecified atom stereocenters. The van der Waals surface area contributed by atoms with Gasteiger partial charge in [0, 0.05) is 29.7 Å². The minimum Gasteiger partial charge on any atom is -0.325 e. The molecule has 2 N–H and O–H groups in total. The fourth-order valence-corrected chi connectivity index (χ4v) is 3.66. The zero-order valence-electron chi connectivity index (χ0n) is 16.5. The number of rotatable bonds is 4. The number of hydrogen-bond donors (Lipinski definition) is 2. The first kappa shape index (κ1) is 21.1. The molecular formula is C22H25ClFN3O2. The second-order valence-electron chi connectivity index (χ2n) is 7.52. The summed E-state index contributed by atoms with van der Waals surface area (Å²) in [6, 6.07) is 11.4. The van der Waals surface area contributed by atoms with Gasteiger partial charge in [0.25, 0.3) is 0 Å². The maximum atomic E-state index is 13.9. The fraction of sp³-hybridized carbons (Fsp3) is 0.364. The van der Waals surface area contributed by atoms with Crippen LogP contribution in [0.4, 0.5) is 20.6 Å². The van der Waals surface area contributed by atoms with Gasteiger partial charge in [-0.1, -0.05) is 24.6 Å². The molecule has 1 atom stereocenters. The highest BCUT2D eigenvalue weighted by Crippen LogP contribution is 2.27. The van der Waals surface area contributed by atoms with Crippen LogP contribution in [-0.4, -0.2) is 29.9 Å². The summed E-state index contributed by atoms with van der Waals surface area (Å²) >= 11 is 5.86. The number of likely N-dealkylation sites (tertiary alicyclic amines) is 1. The Bertz CT molecular complexity index is 880. The number of anilines is 2. The number of aryl methyl sites for hydroxylation is 1. The molecule has 7 heteroatoms. The highest BCUT2D eigenvalue weighted by Gasteiger charge is 2.30. The van der Waals surface area contributed by atoms with Gasteiger partial charge >= 0.3 is 6.03 Å². The zero-order chi connectivity index (χ0) is 21.0. The molecule has 1 aliphatic rings. The summed E-state index contributed by atoms with van der Waals surface area (Å²) in [5.74, 6) is -0.762. The van der Waals surface area contributed by atoms with Gasteiger partial charge in [0.15, 0.2) is 0 Å². The Morgan fingerprint density at radius 3 is 2.41 bits per heavy atom. The summed E-state index contributed by atoms with van der Waals surface area (Å²) in [7, 11) is 0. The molecule has 0 bridgehead atoms. The molecule has 0 aromatic heterocycles. The number of amides is 3. The van der Waals surface area contributed by atoms with Crippen molar-refractivity contribution in [2.75, 3.05) is 23.7 Å². The zero-order valence-corrected chi connectivity index (χ0v) is 17.3. The lowest BCUT2D eigenvalue weighted by Crippen LogP contribution is -2.43. The van der Waals surface area contributed by atoms with E-state index in [4.69, 9.17) is 11.6 Å². The Hall–Kier alpha value is -2.60. The minimum atomic E-state index is -0.440. The maximum absolute atomic E-state index is 13.9. The van der Waals surface area contributed by atoms with E-state index in [-0.39, 0.29) is 29.5 Å². The van der Waals surface area contributed by atoms with Gasteiger partial charge in [0.05, 0.1) is 5.69 Å². The molecule has 1 aliphatic heterocycles. The molecular weight excluding hydrogens is 393 g/mol. The van der Waals surface area contributed by atoms with E-state index < -0.39 is 5.82 Å². The first-order valence-corrected chi connectivity index (χ1v) is 10.1.